The second-order valence-corrected chi connectivity index (χ2v) is 6.46. The molecule has 2 fully saturated rings. The number of nitrogens with zero attached hydrogens (tertiary/aromatic N) is 2. The smallest absolute Gasteiger partial charge is 0.312 e. The number of imide groups is 1. The Labute approximate surface area is 133 Å². The van der Waals surface area contributed by atoms with Crippen molar-refractivity contribution in [3.8, 4) is 0 Å². The first-order valence-electron chi connectivity index (χ1n) is 7.12. The number of carbonyl (C=O) groups excluding carboxylic acids is 2. The van der Waals surface area contributed by atoms with Crippen LogP contribution < -0.4 is 4.90 Å². The van der Waals surface area contributed by atoms with Crippen LogP contribution in [0.2, 0.25) is 10.0 Å². The van der Waals surface area contributed by atoms with Gasteiger partial charge in [-0.05, 0) is 37.0 Å². The van der Waals surface area contributed by atoms with E-state index >= 15 is 0 Å². The first-order valence-corrected chi connectivity index (χ1v) is 7.87. The number of fused-ring (bicyclic) bond motifs is 1. The Morgan fingerprint density at radius 2 is 1.86 bits per heavy atom. The maximum atomic E-state index is 12.6. The topological polar surface area (TPSA) is 40.6 Å². The summed E-state index contributed by atoms with van der Waals surface area (Å²) in [6.07, 6.45) is 2.73. The molecule has 21 heavy (non-hydrogen) atoms. The molecule has 0 aliphatic carbocycles. The fourth-order valence-electron chi connectivity index (χ4n) is 3.15. The highest BCUT2D eigenvalue weighted by Gasteiger charge is 2.48. The molecule has 0 saturated carbocycles. The minimum absolute atomic E-state index is 0.170. The third kappa shape index (κ3) is 2.51. The minimum Gasteiger partial charge on any atom is -0.312 e. The van der Waals surface area contributed by atoms with E-state index in [1.807, 2.05) is 0 Å². The zero-order valence-corrected chi connectivity index (χ0v) is 13.2. The van der Waals surface area contributed by atoms with Gasteiger partial charge >= 0.3 is 6.03 Å². The van der Waals surface area contributed by atoms with Crippen LogP contribution in [0.1, 0.15) is 26.2 Å². The molecule has 2 saturated heterocycles. The molecule has 2 atom stereocenters. The van der Waals surface area contributed by atoms with E-state index < -0.39 is 0 Å². The number of hydrogen-bond acceptors (Lipinski definition) is 2. The summed E-state index contributed by atoms with van der Waals surface area (Å²) in [5.41, 5.74) is 0.449. The summed E-state index contributed by atoms with van der Waals surface area (Å²) < 4.78 is 0. The molecule has 1 aromatic carbocycles. The normalized spacial score (nSPS) is 25.5. The van der Waals surface area contributed by atoms with Crippen LogP contribution in [0, 0.1) is 5.92 Å². The molecular weight excluding hydrogens is 311 g/mol. The summed E-state index contributed by atoms with van der Waals surface area (Å²) in [5.74, 6) is 0.336. The summed E-state index contributed by atoms with van der Waals surface area (Å²) in [5, 5.41) is 0.823. The second kappa shape index (κ2) is 5.50. The Morgan fingerprint density at radius 3 is 2.48 bits per heavy atom. The molecule has 0 spiro atoms. The lowest BCUT2D eigenvalue weighted by Gasteiger charge is -2.31. The van der Waals surface area contributed by atoms with Crippen molar-refractivity contribution in [1.29, 1.82) is 0 Å². The lowest BCUT2D eigenvalue weighted by molar-refractivity contribution is -0.120. The van der Waals surface area contributed by atoms with Gasteiger partial charge in [0.2, 0.25) is 0 Å². The highest BCUT2D eigenvalue weighted by atomic mass is 35.5. The molecule has 0 aromatic heterocycles. The van der Waals surface area contributed by atoms with Crippen molar-refractivity contribution in [3.05, 3.63) is 28.2 Å². The first-order chi connectivity index (χ1) is 10.0. The molecule has 2 unspecified atom stereocenters. The number of rotatable bonds is 2. The molecular formula is C15H16Cl2N2O2. The van der Waals surface area contributed by atoms with E-state index in [4.69, 9.17) is 23.2 Å². The van der Waals surface area contributed by atoms with E-state index in [-0.39, 0.29) is 18.0 Å². The summed E-state index contributed by atoms with van der Waals surface area (Å²) in [6, 6.07) is 4.17. The van der Waals surface area contributed by atoms with Gasteiger partial charge < -0.3 is 4.90 Å². The van der Waals surface area contributed by atoms with Crippen molar-refractivity contribution in [1.82, 2.24) is 4.90 Å². The Bertz CT molecular complexity index is 585. The van der Waals surface area contributed by atoms with E-state index in [0.29, 0.717) is 28.2 Å². The van der Waals surface area contributed by atoms with Crippen LogP contribution in [0.3, 0.4) is 0 Å². The van der Waals surface area contributed by atoms with Crippen molar-refractivity contribution in [3.63, 3.8) is 0 Å². The monoisotopic (exact) mass is 326 g/mol. The molecule has 2 aliphatic rings. The predicted octanol–water partition coefficient (Wildman–Crippen LogP) is 3.95. The van der Waals surface area contributed by atoms with E-state index in [9.17, 15) is 9.59 Å². The van der Waals surface area contributed by atoms with Gasteiger partial charge in [0.15, 0.2) is 0 Å². The number of benzene rings is 1. The lowest BCUT2D eigenvalue weighted by atomic mass is 9.89. The zero-order valence-electron chi connectivity index (χ0n) is 11.7. The Morgan fingerprint density at radius 1 is 1.19 bits per heavy atom. The van der Waals surface area contributed by atoms with Crippen LogP contribution in [0.25, 0.3) is 0 Å². The second-order valence-electron chi connectivity index (χ2n) is 5.59. The maximum Gasteiger partial charge on any atom is 0.332 e. The average Bonchev–Trinajstić information content (AvgIpc) is 2.69. The molecule has 2 heterocycles. The maximum absolute atomic E-state index is 12.6. The van der Waals surface area contributed by atoms with Crippen molar-refractivity contribution >= 4 is 40.8 Å². The number of hydrogen-bond donors (Lipinski definition) is 0. The number of amides is 3. The van der Waals surface area contributed by atoms with Crippen molar-refractivity contribution in [2.75, 3.05) is 11.4 Å². The average molecular weight is 327 g/mol. The third-order valence-electron chi connectivity index (χ3n) is 4.34. The molecule has 0 radical (unpaired) electrons. The number of anilines is 1. The SMILES string of the molecule is CCC1CCN2C(=O)N(c3cc(Cl)cc(Cl)c3)C(=O)C2C1. The van der Waals surface area contributed by atoms with Gasteiger partial charge in [-0.25, -0.2) is 9.69 Å². The lowest BCUT2D eigenvalue weighted by Crippen LogP contribution is -2.42. The predicted molar refractivity (Wildman–Crippen MR) is 82.9 cm³/mol. The number of piperidine rings is 1. The third-order valence-corrected chi connectivity index (χ3v) is 4.77. The van der Waals surface area contributed by atoms with Gasteiger partial charge in [0.05, 0.1) is 5.69 Å². The number of urea groups is 1. The molecule has 3 amide bonds. The standard InChI is InChI=1S/C15H16Cl2N2O2/c1-2-9-3-4-18-13(5-9)14(20)19(15(18)21)12-7-10(16)6-11(17)8-12/h6-9,13H,2-5H2,1H3. The van der Waals surface area contributed by atoms with E-state index in [1.165, 1.54) is 4.90 Å². The molecule has 0 bridgehead atoms. The van der Waals surface area contributed by atoms with E-state index in [2.05, 4.69) is 6.92 Å². The highest BCUT2D eigenvalue weighted by Crippen LogP contribution is 2.35. The van der Waals surface area contributed by atoms with Gasteiger partial charge in [0, 0.05) is 16.6 Å². The van der Waals surface area contributed by atoms with Crippen LogP contribution in [0.5, 0.6) is 0 Å². The van der Waals surface area contributed by atoms with Crippen LogP contribution in [0.15, 0.2) is 18.2 Å². The van der Waals surface area contributed by atoms with Crippen LogP contribution in [-0.2, 0) is 4.79 Å². The zero-order chi connectivity index (χ0) is 15.1. The first kappa shape index (κ1) is 14.7. The van der Waals surface area contributed by atoms with Gasteiger partial charge in [-0.2, -0.15) is 0 Å². The number of halogens is 2. The van der Waals surface area contributed by atoms with Crippen LogP contribution in [-0.4, -0.2) is 29.4 Å². The van der Waals surface area contributed by atoms with E-state index in [0.717, 1.165) is 19.3 Å². The van der Waals surface area contributed by atoms with Crippen molar-refractivity contribution < 1.29 is 9.59 Å². The summed E-state index contributed by atoms with van der Waals surface area (Å²) in [4.78, 5) is 28.0. The molecule has 2 aliphatic heterocycles. The molecule has 0 N–H and O–H groups in total. The molecule has 6 heteroatoms. The Kier molecular flexibility index (Phi) is 3.84. The van der Waals surface area contributed by atoms with Gasteiger partial charge in [-0.15, -0.1) is 0 Å². The highest BCUT2D eigenvalue weighted by molar-refractivity contribution is 6.35. The summed E-state index contributed by atoms with van der Waals surface area (Å²) >= 11 is 12.0. The molecule has 112 valence electrons. The minimum atomic E-state index is -0.339. The molecule has 3 rings (SSSR count). The number of carbonyl (C=O) groups is 2. The van der Waals surface area contributed by atoms with Gasteiger partial charge in [0.1, 0.15) is 6.04 Å². The largest absolute Gasteiger partial charge is 0.332 e. The van der Waals surface area contributed by atoms with E-state index in [1.54, 1.807) is 23.1 Å². The van der Waals surface area contributed by atoms with Gasteiger partial charge in [-0.3, -0.25) is 4.79 Å². The quantitative estimate of drug-likeness (QED) is 0.772. The molecule has 1 aromatic rings. The summed E-state index contributed by atoms with van der Waals surface area (Å²) in [7, 11) is 0. The van der Waals surface area contributed by atoms with Crippen molar-refractivity contribution in [2.45, 2.75) is 32.2 Å². The fourth-order valence-corrected chi connectivity index (χ4v) is 3.66. The Balaban J connectivity index is 1.94. The summed E-state index contributed by atoms with van der Waals surface area (Å²) in [6.45, 7) is 2.76. The van der Waals surface area contributed by atoms with Crippen molar-refractivity contribution in [2.24, 2.45) is 5.92 Å². The fraction of sp³-hybridized carbons (Fsp3) is 0.467. The van der Waals surface area contributed by atoms with Crippen LogP contribution >= 0.6 is 23.2 Å². The van der Waals surface area contributed by atoms with Crippen LogP contribution in [0.4, 0.5) is 10.5 Å². The van der Waals surface area contributed by atoms with Gasteiger partial charge in [0.25, 0.3) is 5.91 Å². The van der Waals surface area contributed by atoms with Gasteiger partial charge in [-0.1, -0.05) is 36.5 Å². The Hall–Kier alpha value is -1.26. The molecule has 4 nitrogen and oxygen atoms in total.